The van der Waals surface area contributed by atoms with Gasteiger partial charge < -0.3 is 5.32 Å². The number of benzene rings is 1. The first-order valence-corrected chi connectivity index (χ1v) is 6.70. The zero-order chi connectivity index (χ0) is 15.8. The predicted octanol–water partition coefficient (Wildman–Crippen LogP) is 4.72. The average molecular weight is 357 g/mol. The quantitative estimate of drug-likeness (QED) is 0.472. The van der Waals surface area contributed by atoms with Crippen molar-refractivity contribution in [3.05, 3.63) is 58.3 Å². The molecule has 8 heteroatoms. The van der Waals surface area contributed by atoms with Crippen molar-refractivity contribution in [2.75, 3.05) is 0 Å². The first kappa shape index (κ1) is 16.2. The molecule has 1 aliphatic heterocycles. The smallest absolute Gasteiger partial charge is 0.365 e. The van der Waals surface area contributed by atoms with Crippen molar-refractivity contribution in [3.63, 3.8) is 0 Å². The number of carbonyl (C=O) groups excluding carboxylic acids is 1. The normalized spacial score (nSPS) is 21.7. The van der Waals surface area contributed by atoms with Gasteiger partial charge in [-0.1, -0.05) is 29.3 Å². The van der Waals surface area contributed by atoms with Gasteiger partial charge in [0.2, 0.25) is 0 Å². The van der Waals surface area contributed by atoms with Gasteiger partial charge in [-0.25, -0.2) is 0 Å². The van der Waals surface area contributed by atoms with Crippen LogP contribution in [0, 0.1) is 0 Å². The first-order valence-electron chi connectivity index (χ1n) is 5.56. The van der Waals surface area contributed by atoms with Gasteiger partial charge in [-0.05, 0) is 41.4 Å². The van der Waals surface area contributed by atoms with Crippen LogP contribution >= 0.6 is 34.8 Å². The Labute approximate surface area is 133 Å². The molecule has 1 heterocycles. The second-order valence-electron chi connectivity index (χ2n) is 4.26. The minimum Gasteiger partial charge on any atom is -0.365 e. The van der Waals surface area contributed by atoms with Gasteiger partial charge in [0.1, 0.15) is 0 Å². The lowest BCUT2D eigenvalue weighted by molar-refractivity contribution is -0.0889. The first-order chi connectivity index (χ1) is 9.63. The van der Waals surface area contributed by atoms with Gasteiger partial charge in [0.25, 0.3) is 5.24 Å². The predicted molar refractivity (Wildman–Crippen MR) is 75.6 cm³/mol. The number of rotatable bonds is 2. The lowest BCUT2D eigenvalue weighted by Gasteiger charge is -2.29. The maximum absolute atomic E-state index is 12.5. The molecule has 0 aliphatic carbocycles. The minimum atomic E-state index is -4.47. The lowest BCUT2D eigenvalue weighted by Crippen LogP contribution is -2.35. The van der Waals surface area contributed by atoms with Crippen LogP contribution in [0.4, 0.5) is 13.2 Å². The summed E-state index contributed by atoms with van der Waals surface area (Å²) >= 11 is 17.4. The molecule has 2 rings (SSSR count). The Morgan fingerprint density at radius 3 is 2.43 bits per heavy atom. The third kappa shape index (κ3) is 3.36. The van der Waals surface area contributed by atoms with Crippen LogP contribution in [0.15, 0.2) is 42.1 Å². The number of hydrogen-bond donors (Lipinski definition) is 1. The van der Waals surface area contributed by atoms with Crippen molar-refractivity contribution in [1.82, 2.24) is 5.32 Å². The standard InChI is InChI=1S/C13H7Cl3F3NO/c14-10-2-1-7(5-9(10)11(15)21)12(16)4-3-8(6-20-12)13(17,18)19/h1-6,20H. The molecule has 1 unspecified atom stereocenters. The van der Waals surface area contributed by atoms with Gasteiger partial charge in [0.15, 0.2) is 5.00 Å². The zero-order valence-electron chi connectivity index (χ0n) is 10.1. The summed E-state index contributed by atoms with van der Waals surface area (Å²) in [5, 5.41) is 1.80. The van der Waals surface area contributed by atoms with E-state index in [1.54, 1.807) is 0 Å². The average Bonchev–Trinajstić information content (AvgIpc) is 2.38. The highest BCUT2D eigenvalue weighted by atomic mass is 35.5. The van der Waals surface area contributed by atoms with Crippen molar-refractivity contribution >= 4 is 40.0 Å². The molecule has 112 valence electrons. The Bertz CT molecular complexity index is 655. The molecule has 0 fully saturated rings. The van der Waals surface area contributed by atoms with E-state index in [0.29, 0.717) is 5.56 Å². The summed E-state index contributed by atoms with van der Waals surface area (Å²) in [4.78, 5) is 9.81. The largest absolute Gasteiger partial charge is 0.417 e. The van der Waals surface area contributed by atoms with E-state index >= 15 is 0 Å². The van der Waals surface area contributed by atoms with Crippen LogP contribution < -0.4 is 5.32 Å². The second kappa shape index (κ2) is 5.55. The molecule has 1 aromatic rings. The fraction of sp³-hybridized carbons (Fsp3) is 0.154. The molecule has 1 aromatic carbocycles. The molecular weight excluding hydrogens is 350 g/mol. The summed E-state index contributed by atoms with van der Waals surface area (Å²) in [5.74, 6) is 0. The van der Waals surface area contributed by atoms with Crippen LogP contribution in [0.5, 0.6) is 0 Å². The van der Waals surface area contributed by atoms with Crippen molar-refractivity contribution in [2.45, 2.75) is 11.2 Å². The molecule has 1 aliphatic rings. The van der Waals surface area contributed by atoms with Gasteiger partial charge in [0, 0.05) is 6.20 Å². The van der Waals surface area contributed by atoms with Crippen LogP contribution in [-0.4, -0.2) is 11.4 Å². The lowest BCUT2D eigenvalue weighted by atomic mass is 10.00. The molecule has 0 saturated heterocycles. The second-order valence-corrected chi connectivity index (χ2v) is 5.60. The van der Waals surface area contributed by atoms with Gasteiger partial charge in [-0.3, -0.25) is 4.79 Å². The van der Waals surface area contributed by atoms with E-state index < -0.39 is 22.0 Å². The Morgan fingerprint density at radius 1 is 1.29 bits per heavy atom. The van der Waals surface area contributed by atoms with Crippen LogP contribution in [0.2, 0.25) is 5.02 Å². The number of halogens is 6. The van der Waals surface area contributed by atoms with E-state index in [2.05, 4.69) is 5.32 Å². The molecule has 1 atom stereocenters. The Kier molecular flexibility index (Phi) is 4.29. The highest BCUT2D eigenvalue weighted by Gasteiger charge is 2.37. The monoisotopic (exact) mass is 355 g/mol. The summed E-state index contributed by atoms with van der Waals surface area (Å²) in [6.07, 6.45) is -1.70. The molecule has 0 aromatic heterocycles. The van der Waals surface area contributed by atoms with Crippen LogP contribution in [-0.2, 0) is 5.00 Å². The van der Waals surface area contributed by atoms with E-state index in [1.807, 2.05) is 0 Å². The topological polar surface area (TPSA) is 29.1 Å². The highest BCUT2D eigenvalue weighted by molar-refractivity contribution is 6.68. The van der Waals surface area contributed by atoms with Crippen molar-refractivity contribution < 1.29 is 18.0 Å². The third-order valence-electron chi connectivity index (χ3n) is 2.86. The van der Waals surface area contributed by atoms with E-state index in [1.165, 1.54) is 18.2 Å². The summed E-state index contributed by atoms with van der Waals surface area (Å²) in [5.41, 5.74) is -0.496. The molecule has 0 spiro atoms. The van der Waals surface area contributed by atoms with Gasteiger partial charge >= 0.3 is 6.18 Å². The summed E-state index contributed by atoms with van der Waals surface area (Å²) < 4.78 is 37.6. The molecule has 0 amide bonds. The van der Waals surface area contributed by atoms with Crippen LogP contribution in [0.25, 0.3) is 0 Å². The number of alkyl halides is 4. The molecule has 2 nitrogen and oxygen atoms in total. The third-order valence-corrected chi connectivity index (χ3v) is 3.84. The molecular formula is C13H7Cl3F3NO. The van der Waals surface area contributed by atoms with E-state index in [4.69, 9.17) is 34.8 Å². The van der Waals surface area contributed by atoms with Crippen LogP contribution in [0.3, 0.4) is 0 Å². The number of hydrogen-bond acceptors (Lipinski definition) is 2. The molecule has 0 bridgehead atoms. The number of dihydropyridines is 1. The Morgan fingerprint density at radius 2 is 1.95 bits per heavy atom. The molecule has 1 N–H and O–H groups in total. The minimum absolute atomic E-state index is 0.0247. The summed E-state index contributed by atoms with van der Waals surface area (Å²) in [7, 11) is 0. The molecule has 0 saturated carbocycles. The summed E-state index contributed by atoms with van der Waals surface area (Å²) in [6, 6.07) is 4.21. The van der Waals surface area contributed by atoms with Gasteiger partial charge in [-0.2, -0.15) is 13.2 Å². The fourth-order valence-electron chi connectivity index (χ4n) is 1.74. The van der Waals surface area contributed by atoms with Gasteiger partial charge in [-0.15, -0.1) is 0 Å². The molecule has 21 heavy (non-hydrogen) atoms. The summed E-state index contributed by atoms with van der Waals surface area (Å²) in [6.45, 7) is 0. The maximum atomic E-state index is 12.5. The van der Waals surface area contributed by atoms with Crippen LogP contribution in [0.1, 0.15) is 15.9 Å². The molecule has 0 radical (unpaired) electrons. The van der Waals surface area contributed by atoms with E-state index in [9.17, 15) is 18.0 Å². The van der Waals surface area contributed by atoms with Gasteiger partial charge in [0.05, 0.1) is 16.2 Å². The fourth-order valence-corrected chi connectivity index (χ4v) is 2.38. The maximum Gasteiger partial charge on any atom is 0.417 e. The highest BCUT2D eigenvalue weighted by Crippen LogP contribution is 2.36. The Balaban J connectivity index is 2.36. The zero-order valence-corrected chi connectivity index (χ0v) is 12.4. The van der Waals surface area contributed by atoms with E-state index in [0.717, 1.165) is 18.4 Å². The van der Waals surface area contributed by atoms with E-state index in [-0.39, 0.29) is 10.6 Å². The number of allylic oxidation sites excluding steroid dienone is 2. The van der Waals surface area contributed by atoms with Crippen molar-refractivity contribution in [3.8, 4) is 0 Å². The number of nitrogens with one attached hydrogen (secondary N) is 1. The Hall–Kier alpha value is -1.17. The SMILES string of the molecule is O=C(Cl)c1cc(C2(Cl)C=CC(C(F)(F)F)=CN2)ccc1Cl. The number of carbonyl (C=O) groups is 1. The van der Waals surface area contributed by atoms with Crippen molar-refractivity contribution in [1.29, 1.82) is 0 Å². The van der Waals surface area contributed by atoms with Crippen molar-refractivity contribution in [2.24, 2.45) is 0 Å².